The van der Waals surface area contributed by atoms with Gasteiger partial charge in [-0.25, -0.2) is 4.79 Å². The Morgan fingerprint density at radius 1 is 1.27 bits per heavy atom. The number of carbonyl (C=O) groups excluding carboxylic acids is 4. The van der Waals surface area contributed by atoms with Gasteiger partial charge >= 0.3 is 5.97 Å². The van der Waals surface area contributed by atoms with Gasteiger partial charge in [0.15, 0.2) is 5.78 Å². The molecule has 1 aliphatic rings. The molecule has 30 heavy (non-hydrogen) atoms. The minimum absolute atomic E-state index is 0.0190. The van der Waals surface area contributed by atoms with E-state index < -0.39 is 53.6 Å². The van der Waals surface area contributed by atoms with Gasteiger partial charge in [0, 0.05) is 18.8 Å². The quantitative estimate of drug-likeness (QED) is 0.380. The second-order valence-corrected chi connectivity index (χ2v) is 7.58. The summed E-state index contributed by atoms with van der Waals surface area (Å²) >= 11 is 0. The minimum Gasteiger partial charge on any atom is -0.478 e. The summed E-state index contributed by atoms with van der Waals surface area (Å²) in [4.78, 5) is 59.1. The number of Topliss-reactive ketones (excluding diaryl/α,β-unsaturated/α-hetero) is 1. The summed E-state index contributed by atoms with van der Waals surface area (Å²) in [6, 6.07) is -0.649. The molecular formula is C19H26N4O7. The number of ketones is 1. The monoisotopic (exact) mass is 422 g/mol. The van der Waals surface area contributed by atoms with Crippen LogP contribution in [0.3, 0.4) is 0 Å². The number of rotatable bonds is 10. The van der Waals surface area contributed by atoms with E-state index >= 15 is 0 Å². The predicted octanol–water partition coefficient (Wildman–Crippen LogP) is -0.797. The van der Waals surface area contributed by atoms with Gasteiger partial charge in [0.25, 0.3) is 0 Å². The molecule has 2 rings (SSSR count). The Morgan fingerprint density at radius 3 is 2.47 bits per heavy atom. The first kappa shape index (κ1) is 23.1. The molecular weight excluding hydrogens is 396 g/mol. The van der Waals surface area contributed by atoms with E-state index in [9.17, 15) is 29.1 Å². The van der Waals surface area contributed by atoms with Gasteiger partial charge in [0.2, 0.25) is 17.7 Å². The Balaban J connectivity index is 2.31. The number of nitrogens with two attached hydrogens (primary N) is 2. The largest absolute Gasteiger partial charge is 0.478 e. The maximum atomic E-state index is 13.2. The summed E-state index contributed by atoms with van der Waals surface area (Å²) in [5, 5.41) is 11.8. The molecule has 0 spiro atoms. The van der Waals surface area contributed by atoms with Crippen molar-refractivity contribution in [3.05, 3.63) is 24.0 Å². The second-order valence-electron chi connectivity index (χ2n) is 7.58. The molecule has 0 aromatic carbocycles. The zero-order valence-corrected chi connectivity index (χ0v) is 16.7. The lowest BCUT2D eigenvalue weighted by Gasteiger charge is -2.30. The summed E-state index contributed by atoms with van der Waals surface area (Å²) in [6.07, 6.45) is 1.65. The molecule has 6 N–H and O–H groups in total. The van der Waals surface area contributed by atoms with E-state index in [0.29, 0.717) is 0 Å². The highest BCUT2D eigenvalue weighted by atomic mass is 16.5. The maximum absolute atomic E-state index is 13.2. The highest BCUT2D eigenvalue weighted by Crippen LogP contribution is 2.29. The number of nitrogens with one attached hydrogen (secondary N) is 1. The second kappa shape index (κ2) is 9.53. The third kappa shape index (κ3) is 5.44. The van der Waals surface area contributed by atoms with Crippen LogP contribution in [0.4, 0.5) is 0 Å². The SMILES string of the molecule is CC(CC(N)=O)C(C)C(C(=O)NC1C(=O)COC1CC(N)=O)n1ccc(C(=O)O)c1. The molecule has 0 aliphatic carbocycles. The van der Waals surface area contributed by atoms with E-state index in [1.807, 2.05) is 0 Å². The summed E-state index contributed by atoms with van der Waals surface area (Å²) < 4.78 is 6.68. The van der Waals surface area contributed by atoms with Crippen LogP contribution in [0, 0.1) is 11.8 Å². The van der Waals surface area contributed by atoms with Crippen LogP contribution >= 0.6 is 0 Å². The molecule has 5 unspecified atom stereocenters. The molecule has 1 aromatic heterocycles. The first-order valence-corrected chi connectivity index (χ1v) is 9.43. The van der Waals surface area contributed by atoms with E-state index in [1.54, 1.807) is 13.8 Å². The Bertz CT molecular complexity index is 850. The third-order valence-corrected chi connectivity index (χ3v) is 5.33. The molecule has 0 bridgehead atoms. The highest BCUT2D eigenvalue weighted by Gasteiger charge is 2.40. The molecule has 2 heterocycles. The fraction of sp³-hybridized carbons (Fsp3) is 0.526. The number of amides is 3. The number of aromatic carboxylic acids is 1. The van der Waals surface area contributed by atoms with Crippen molar-refractivity contribution in [2.24, 2.45) is 23.3 Å². The normalized spacial score (nSPS) is 21.6. The van der Waals surface area contributed by atoms with Crippen molar-refractivity contribution < 1.29 is 33.8 Å². The van der Waals surface area contributed by atoms with Crippen molar-refractivity contribution in [2.45, 2.75) is 44.9 Å². The molecule has 1 saturated heterocycles. The predicted molar refractivity (Wildman–Crippen MR) is 103 cm³/mol. The van der Waals surface area contributed by atoms with Gasteiger partial charge in [-0.15, -0.1) is 0 Å². The Labute approximate surface area is 172 Å². The number of hydrogen-bond donors (Lipinski definition) is 4. The molecule has 1 aromatic rings. The number of aromatic nitrogens is 1. The van der Waals surface area contributed by atoms with Crippen LogP contribution in [0.25, 0.3) is 0 Å². The fourth-order valence-corrected chi connectivity index (χ4v) is 3.54. The molecule has 11 nitrogen and oxygen atoms in total. The van der Waals surface area contributed by atoms with Crippen molar-refractivity contribution in [1.82, 2.24) is 9.88 Å². The highest BCUT2D eigenvalue weighted by molar-refractivity contribution is 5.94. The molecule has 11 heteroatoms. The average Bonchev–Trinajstić information content (AvgIpc) is 3.23. The van der Waals surface area contributed by atoms with E-state index in [-0.39, 0.29) is 30.9 Å². The summed E-state index contributed by atoms with van der Waals surface area (Å²) in [6.45, 7) is 3.22. The lowest BCUT2D eigenvalue weighted by atomic mass is 9.85. The molecule has 1 aliphatic heterocycles. The Morgan fingerprint density at radius 2 is 1.93 bits per heavy atom. The van der Waals surface area contributed by atoms with Gasteiger partial charge in [0.1, 0.15) is 18.7 Å². The van der Waals surface area contributed by atoms with Crippen molar-refractivity contribution in [3.63, 3.8) is 0 Å². The van der Waals surface area contributed by atoms with Crippen LogP contribution in [0.1, 0.15) is 43.1 Å². The molecule has 3 amide bonds. The lowest BCUT2D eigenvalue weighted by Crippen LogP contribution is -2.49. The third-order valence-electron chi connectivity index (χ3n) is 5.33. The first-order valence-electron chi connectivity index (χ1n) is 9.43. The minimum atomic E-state index is -1.16. The van der Waals surface area contributed by atoms with Crippen molar-refractivity contribution in [3.8, 4) is 0 Å². The molecule has 0 saturated carbocycles. The Kier molecular flexibility index (Phi) is 7.33. The molecule has 0 radical (unpaired) electrons. The summed E-state index contributed by atoms with van der Waals surface area (Å²) in [5.74, 6) is -4.11. The van der Waals surface area contributed by atoms with Crippen LogP contribution in [-0.2, 0) is 23.9 Å². The number of carboxylic acids is 1. The topological polar surface area (TPSA) is 184 Å². The van der Waals surface area contributed by atoms with Crippen LogP contribution < -0.4 is 16.8 Å². The average molecular weight is 422 g/mol. The number of carbonyl (C=O) groups is 5. The fourth-order valence-electron chi connectivity index (χ4n) is 3.54. The van der Waals surface area contributed by atoms with Crippen molar-refractivity contribution in [1.29, 1.82) is 0 Å². The van der Waals surface area contributed by atoms with Gasteiger partial charge < -0.3 is 31.2 Å². The molecule has 5 atom stereocenters. The first-order chi connectivity index (χ1) is 14.0. The van der Waals surface area contributed by atoms with Gasteiger partial charge in [0.05, 0.1) is 18.1 Å². The molecule has 1 fully saturated rings. The maximum Gasteiger partial charge on any atom is 0.337 e. The van der Waals surface area contributed by atoms with E-state index in [4.69, 9.17) is 16.2 Å². The number of carboxylic acid groups (broad SMARTS) is 1. The van der Waals surface area contributed by atoms with E-state index in [2.05, 4.69) is 5.32 Å². The summed E-state index contributed by atoms with van der Waals surface area (Å²) in [7, 11) is 0. The van der Waals surface area contributed by atoms with Gasteiger partial charge in [-0.1, -0.05) is 13.8 Å². The Hall–Kier alpha value is -3.21. The zero-order valence-electron chi connectivity index (χ0n) is 16.7. The van der Waals surface area contributed by atoms with E-state index in [1.165, 1.54) is 23.0 Å². The zero-order chi connectivity index (χ0) is 22.6. The van der Waals surface area contributed by atoms with Crippen LogP contribution in [0.15, 0.2) is 18.5 Å². The number of ether oxygens (including phenoxy) is 1. The van der Waals surface area contributed by atoms with Gasteiger partial charge in [-0.3, -0.25) is 19.2 Å². The van der Waals surface area contributed by atoms with Crippen LogP contribution in [-0.4, -0.2) is 57.9 Å². The standard InChI is InChI=1S/C19H26N4O7/c1-9(5-14(20)25)10(2)17(23-4-3-11(7-23)19(28)29)18(27)22-16-12(24)8-30-13(16)6-15(21)26/h3-4,7,9-10,13,16-17H,5-6,8H2,1-2H3,(H2,20,25)(H2,21,26)(H,22,27)(H,28,29). The van der Waals surface area contributed by atoms with Crippen LogP contribution in [0.2, 0.25) is 0 Å². The van der Waals surface area contributed by atoms with Gasteiger partial charge in [-0.05, 0) is 17.9 Å². The van der Waals surface area contributed by atoms with Crippen molar-refractivity contribution >= 4 is 29.5 Å². The number of hydrogen-bond acceptors (Lipinski definition) is 6. The van der Waals surface area contributed by atoms with E-state index in [0.717, 1.165) is 0 Å². The van der Waals surface area contributed by atoms with Crippen LogP contribution in [0.5, 0.6) is 0 Å². The lowest BCUT2D eigenvalue weighted by molar-refractivity contribution is -0.131. The van der Waals surface area contributed by atoms with Gasteiger partial charge in [-0.2, -0.15) is 0 Å². The molecule has 164 valence electrons. The number of primary amides is 2. The number of nitrogens with zero attached hydrogens (tertiary/aromatic N) is 1. The smallest absolute Gasteiger partial charge is 0.337 e. The van der Waals surface area contributed by atoms with Crippen molar-refractivity contribution in [2.75, 3.05) is 6.61 Å². The summed E-state index contributed by atoms with van der Waals surface area (Å²) in [5.41, 5.74) is 10.4.